The lowest BCUT2D eigenvalue weighted by Crippen LogP contribution is -2.61. The first kappa shape index (κ1) is 25.2. The van der Waals surface area contributed by atoms with E-state index in [1.54, 1.807) is 27.7 Å². The van der Waals surface area contributed by atoms with Crippen LogP contribution in [0, 0.1) is 0 Å². The van der Waals surface area contributed by atoms with Crippen molar-refractivity contribution >= 4 is 23.9 Å². The summed E-state index contributed by atoms with van der Waals surface area (Å²) in [4.78, 5) is 52.7. The molecule has 0 saturated carbocycles. The third-order valence-electron chi connectivity index (χ3n) is 5.02. The van der Waals surface area contributed by atoms with Crippen LogP contribution in [0.2, 0.25) is 0 Å². The van der Waals surface area contributed by atoms with Crippen molar-refractivity contribution in [2.45, 2.75) is 64.8 Å². The fourth-order valence-corrected chi connectivity index (χ4v) is 3.44. The quantitative estimate of drug-likeness (QED) is 0.466. The number of rotatable bonds is 7. The summed E-state index contributed by atoms with van der Waals surface area (Å²) in [6.45, 7) is 7.26. The molecule has 0 spiro atoms. The Morgan fingerprint density at radius 3 is 2.38 bits per heavy atom. The predicted octanol–water partition coefficient (Wildman–Crippen LogP) is 2.52. The van der Waals surface area contributed by atoms with E-state index in [0.29, 0.717) is 0 Å². The molecule has 0 radical (unpaired) electrons. The summed E-state index contributed by atoms with van der Waals surface area (Å²) in [5.41, 5.74) is 0.194. The van der Waals surface area contributed by atoms with Gasteiger partial charge in [-0.3, -0.25) is 14.5 Å². The standard InChI is InChI=1S/C23H32N2O7/c1-16-20(27)25(18(21(28)30-5)11-12-19(26)32-23(2,3)4)14-13-24(16)22(29)31-15-17-9-7-6-8-10-17/h6-10,16,18H,11-15H2,1-5H3/t16-,18-/m0/s1. The van der Waals surface area contributed by atoms with E-state index in [2.05, 4.69) is 0 Å². The monoisotopic (exact) mass is 448 g/mol. The van der Waals surface area contributed by atoms with Crippen molar-refractivity contribution in [1.82, 2.24) is 9.80 Å². The number of nitrogens with zero attached hydrogens (tertiary/aromatic N) is 2. The molecule has 1 saturated heterocycles. The van der Waals surface area contributed by atoms with Gasteiger partial charge in [0.2, 0.25) is 5.91 Å². The van der Waals surface area contributed by atoms with Crippen molar-refractivity contribution < 1.29 is 33.4 Å². The van der Waals surface area contributed by atoms with Gasteiger partial charge in [0.05, 0.1) is 7.11 Å². The highest BCUT2D eigenvalue weighted by atomic mass is 16.6. The molecule has 1 fully saturated rings. The van der Waals surface area contributed by atoms with Gasteiger partial charge in [0.1, 0.15) is 24.3 Å². The molecule has 1 aromatic rings. The van der Waals surface area contributed by atoms with E-state index in [4.69, 9.17) is 14.2 Å². The van der Waals surface area contributed by atoms with E-state index in [1.165, 1.54) is 16.9 Å². The highest BCUT2D eigenvalue weighted by Gasteiger charge is 2.41. The number of methoxy groups -OCH3 is 1. The van der Waals surface area contributed by atoms with Gasteiger partial charge in [-0.05, 0) is 39.7 Å². The summed E-state index contributed by atoms with van der Waals surface area (Å²) in [5.74, 6) is -1.49. The maximum absolute atomic E-state index is 13.0. The topological polar surface area (TPSA) is 102 Å². The number of ether oxygens (including phenoxy) is 3. The second kappa shape index (κ2) is 11.0. The smallest absolute Gasteiger partial charge is 0.410 e. The van der Waals surface area contributed by atoms with Crippen LogP contribution in [0.1, 0.15) is 46.1 Å². The number of hydrogen-bond acceptors (Lipinski definition) is 7. The molecule has 9 nitrogen and oxygen atoms in total. The van der Waals surface area contributed by atoms with Crippen LogP contribution in [0.15, 0.2) is 30.3 Å². The van der Waals surface area contributed by atoms with Crippen molar-refractivity contribution in [3.05, 3.63) is 35.9 Å². The van der Waals surface area contributed by atoms with Crippen molar-refractivity contribution in [3.63, 3.8) is 0 Å². The lowest BCUT2D eigenvalue weighted by Gasteiger charge is -2.41. The highest BCUT2D eigenvalue weighted by molar-refractivity contribution is 5.90. The summed E-state index contributed by atoms with van der Waals surface area (Å²) in [6, 6.07) is 7.48. The Kier molecular flexibility index (Phi) is 8.63. The molecule has 176 valence electrons. The van der Waals surface area contributed by atoms with Gasteiger partial charge in [0, 0.05) is 19.5 Å². The molecular formula is C23H32N2O7. The normalized spacial score (nSPS) is 17.5. The fourth-order valence-electron chi connectivity index (χ4n) is 3.44. The average Bonchev–Trinajstić information content (AvgIpc) is 2.74. The van der Waals surface area contributed by atoms with E-state index < -0.39 is 41.6 Å². The minimum Gasteiger partial charge on any atom is -0.467 e. The number of carbonyl (C=O) groups excluding carboxylic acids is 4. The number of piperazine rings is 1. The average molecular weight is 449 g/mol. The van der Waals surface area contributed by atoms with Gasteiger partial charge >= 0.3 is 18.0 Å². The first-order valence-corrected chi connectivity index (χ1v) is 10.6. The lowest BCUT2D eigenvalue weighted by molar-refractivity contribution is -0.160. The van der Waals surface area contributed by atoms with Crippen molar-refractivity contribution in [2.75, 3.05) is 20.2 Å². The van der Waals surface area contributed by atoms with Gasteiger partial charge < -0.3 is 19.1 Å². The van der Waals surface area contributed by atoms with Crippen LogP contribution in [0.3, 0.4) is 0 Å². The number of carbonyl (C=O) groups is 4. The van der Waals surface area contributed by atoms with E-state index in [9.17, 15) is 19.2 Å². The molecule has 0 aliphatic carbocycles. The van der Waals surface area contributed by atoms with Crippen LogP contribution >= 0.6 is 0 Å². The first-order valence-electron chi connectivity index (χ1n) is 10.6. The highest BCUT2D eigenvalue weighted by Crippen LogP contribution is 2.20. The van der Waals surface area contributed by atoms with Gasteiger partial charge in [-0.15, -0.1) is 0 Å². The Hall–Kier alpha value is -3.10. The molecule has 2 atom stereocenters. The van der Waals surface area contributed by atoms with Gasteiger partial charge in [-0.1, -0.05) is 30.3 Å². The largest absolute Gasteiger partial charge is 0.467 e. The summed E-state index contributed by atoms with van der Waals surface area (Å²) < 4.78 is 15.5. The summed E-state index contributed by atoms with van der Waals surface area (Å²) in [6.07, 6.45) is -0.575. The van der Waals surface area contributed by atoms with Crippen LogP contribution in [-0.4, -0.2) is 71.6 Å². The van der Waals surface area contributed by atoms with E-state index in [1.807, 2.05) is 30.3 Å². The minimum atomic E-state index is -0.940. The predicted molar refractivity (Wildman–Crippen MR) is 115 cm³/mol. The molecule has 1 aliphatic heterocycles. The first-order chi connectivity index (χ1) is 15.0. The second-order valence-electron chi connectivity index (χ2n) is 8.61. The van der Waals surface area contributed by atoms with Gasteiger partial charge in [0.15, 0.2) is 0 Å². The molecule has 2 rings (SSSR count). The zero-order chi connectivity index (χ0) is 23.9. The van der Waals surface area contributed by atoms with Crippen LogP contribution in [0.4, 0.5) is 4.79 Å². The molecule has 0 unspecified atom stereocenters. The Labute approximate surface area is 188 Å². The molecule has 1 heterocycles. The molecule has 32 heavy (non-hydrogen) atoms. The number of benzene rings is 1. The van der Waals surface area contributed by atoms with Crippen LogP contribution < -0.4 is 0 Å². The molecule has 0 aromatic heterocycles. The second-order valence-corrected chi connectivity index (χ2v) is 8.61. The molecule has 1 aliphatic rings. The Morgan fingerprint density at radius 2 is 1.78 bits per heavy atom. The Bertz CT molecular complexity index is 819. The van der Waals surface area contributed by atoms with Crippen LogP contribution in [0.5, 0.6) is 0 Å². The summed E-state index contributed by atoms with van der Waals surface area (Å²) in [5, 5.41) is 0. The molecule has 0 N–H and O–H groups in total. The third kappa shape index (κ3) is 6.96. The molecule has 2 amide bonds. The van der Waals surface area contributed by atoms with Crippen molar-refractivity contribution in [2.24, 2.45) is 0 Å². The molecule has 1 aromatic carbocycles. The SMILES string of the molecule is COC(=O)[C@H](CCC(=O)OC(C)(C)C)N1CCN(C(=O)OCc2ccccc2)[C@@H](C)C1=O. The van der Waals surface area contributed by atoms with E-state index in [0.717, 1.165) is 5.56 Å². The lowest BCUT2D eigenvalue weighted by atomic mass is 10.1. The summed E-state index contributed by atoms with van der Waals surface area (Å²) >= 11 is 0. The Morgan fingerprint density at radius 1 is 1.12 bits per heavy atom. The van der Waals surface area contributed by atoms with Gasteiger partial charge in [-0.2, -0.15) is 0 Å². The molecule has 0 bridgehead atoms. The zero-order valence-electron chi connectivity index (χ0n) is 19.3. The minimum absolute atomic E-state index is 0.0436. The number of hydrogen-bond donors (Lipinski definition) is 0. The summed E-state index contributed by atoms with van der Waals surface area (Å²) in [7, 11) is 1.23. The van der Waals surface area contributed by atoms with E-state index >= 15 is 0 Å². The van der Waals surface area contributed by atoms with Gasteiger partial charge in [-0.25, -0.2) is 9.59 Å². The Balaban J connectivity index is 2.00. The van der Waals surface area contributed by atoms with Crippen LogP contribution in [-0.2, 0) is 35.2 Å². The number of esters is 2. The van der Waals surface area contributed by atoms with Crippen molar-refractivity contribution in [1.29, 1.82) is 0 Å². The molecular weight excluding hydrogens is 416 g/mol. The molecule has 9 heteroatoms. The maximum atomic E-state index is 13.0. The number of amides is 2. The third-order valence-corrected chi connectivity index (χ3v) is 5.02. The maximum Gasteiger partial charge on any atom is 0.410 e. The van der Waals surface area contributed by atoms with Gasteiger partial charge in [0.25, 0.3) is 0 Å². The fraction of sp³-hybridized carbons (Fsp3) is 0.565. The van der Waals surface area contributed by atoms with Crippen molar-refractivity contribution in [3.8, 4) is 0 Å². The zero-order valence-corrected chi connectivity index (χ0v) is 19.3. The van der Waals surface area contributed by atoms with Crippen LogP contribution in [0.25, 0.3) is 0 Å². The van der Waals surface area contributed by atoms with E-state index in [-0.39, 0.29) is 32.5 Å².